The molecule has 0 saturated heterocycles. The summed E-state index contributed by atoms with van der Waals surface area (Å²) in [6.07, 6.45) is 4.20. The summed E-state index contributed by atoms with van der Waals surface area (Å²) in [5.41, 5.74) is -0.812. The molecule has 0 saturated carbocycles. The molecule has 0 heterocycles. The third-order valence-electron chi connectivity index (χ3n) is 1.88. The summed E-state index contributed by atoms with van der Waals surface area (Å²) in [4.78, 5) is 21.1. The predicted molar refractivity (Wildman–Crippen MR) is 43.3 cm³/mol. The van der Waals surface area contributed by atoms with E-state index in [4.69, 9.17) is 0 Å². The van der Waals surface area contributed by atoms with Crippen molar-refractivity contribution in [3.63, 3.8) is 0 Å². The molecule has 0 fully saturated rings. The Balaban J connectivity index is 3.14. The Labute approximate surface area is 69.7 Å². The zero-order chi connectivity index (χ0) is 9.35. The fourth-order valence-electron chi connectivity index (χ4n) is 1.08. The molecule has 0 amide bonds. The minimum Gasteiger partial charge on any atom is -0.286 e. The molecule has 64 valence electrons. The van der Waals surface area contributed by atoms with Crippen LogP contribution in [0.4, 0.5) is 0 Å². The molecule has 4 heteroatoms. The highest BCUT2D eigenvalue weighted by Gasteiger charge is 2.43. The Morgan fingerprint density at radius 1 is 1.50 bits per heavy atom. The van der Waals surface area contributed by atoms with Crippen LogP contribution in [-0.2, 0) is 4.79 Å². The smallest absolute Gasteiger partial charge is 0.286 e. The molecule has 1 aliphatic carbocycles. The van der Waals surface area contributed by atoms with Gasteiger partial charge in [-0.15, -0.1) is 0 Å². The maximum absolute atomic E-state index is 11.1. The maximum atomic E-state index is 11.1. The average molecular weight is 167 g/mol. The van der Waals surface area contributed by atoms with Gasteiger partial charge in [-0.25, -0.2) is 0 Å². The fourth-order valence-corrected chi connectivity index (χ4v) is 1.08. The number of hydrogen-bond donors (Lipinski definition) is 0. The molecule has 1 unspecified atom stereocenters. The fraction of sp³-hybridized carbons (Fsp3) is 0.375. The molecule has 0 aliphatic heterocycles. The third kappa shape index (κ3) is 1.15. The first-order valence-electron chi connectivity index (χ1n) is 3.53. The van der Waals surface area contributed by atoms with Crippen molar-refractivity contribution in [1.29, 1.82) is 0 Å². The van der Waals surface area contributed by atoms with Gasteiger partial charge < -0.3 is 0 Å². The highest BCUT2D eigenvalue weighted by atomic mass is 16.6. The Kier molecular flexibility index (Phi) is 1.84. The number of nitrogens with zero attached hydrogens (tertiary/aromatic N) is 1. The minimum atomic E-state index is -1.56. The van der Waals surface area contributed by atoms with Gasteiger partial charge in [0.25, 0.3) is 5.54 Å². The number of nitro groups is 1. The van der Waals surface area contributed by atoms with Crippen LogP contribution in [0.5, 0.6) is 0 Å². The second-order valence-corrected chi connectivity index (χ2v) is 2.99. The van der Waals surface area contributed by atoms with Gasteiger partial charge in [0.1, 0.15) is 0 Å². The summed E-state index contributed by atoms with van der Waals surface area (Å²) in [5, 5.41) is 10.5. The third-order valence-corrected chi connectivity index (χ3v) is 1.88. The first-order chi connectivity index (χ1) is 5.47. The summed E-state index contributed by atoms with van der Waals surface area (Å²) in [6, 6.07) is 0. The van der Waals surface area contributed by atoms with E-state index in [1.165, 1.54) is 19.1 Å². The van der Waals surface area contributed by atoms with Crippen molar-refractivity contribution in [2.45, 2.75) is 19.4 Å². The summed E-state index contributed by atoms with van der Waals surface area (Å²) in [7, 11) is 0. The van der Waals surface area contributed by atoms with Crippen LogP contribution < -0.4 is 0 Å². The van der Waals surface area contributed by atoms with Crippen LogP contribution in [0.15, 0.2) is 23.8 Å². The SMILES string of the molecule is CC1=CC(C)([N+](=O)[O-])C(=O)C=C1. The van der Waals surface area contributed by atoms with Crippen molar-refractivity contribution >= 4 is 5.78 Å². The van der Waals surface area contributed by atoms with Gasteiger partial charge in [0.05, 0.1) is 0 Å². The normalized spacial score (nSPS) is 28.5. The van der Waals surface area contributed by atoms with Crippen molar-refractivity contribution in [3.05, 3.63) is 33.9 Å². The average Bonchev–Trinajstić information content (AvgIpc) is 1.97. The van der Waals surface area contributed by atoms with Gasteiger partial charge in [0.15, 0.2) is 0 Å². The number of carbonyl (C=O) groups excluding carboxylic acids is 1. The van der Waals surface area contributed by atoms with E-state index < -0.39 is 16.2 Å². The molecule has 0 bridgehead atoms. The van der Waals surface area contributed by atoms with E-state index in [2.05, 4.69) is 0 Å². The summed E-state index contributed by atoms with van der Waals surface area (Å²) in [5.74, 6) is -0.474. The number of carbonyl (C=O) groups is 1. The number of allylic oxidation sites excluding steroid dienone is 2. The molecule has 12 heavy (non-hydrogen) atoms. The maximum Gasteiger partial charge on any atom is 0.299 e. The van der Waals surface area contributed by atoms with Crippen molar-refractivity contribution in [3.8, 4) is 0 Å². The zero-order valence-corrected chi connectivity index (χ0v) is 6.90. The van der Waals surface area contributed by atoms with Gasteiger partial charge >= 0.3 is 0 Å². The predicted octanol–water partition coefficient (Wildman–Crippen LogP) is 1.11. The molecule has 0 aromatic carbocycles. The molecule has 0 N–H and O–H groups in total. The van der Waals surface area contributed by atoms with Gasteiger partial charge in [-0.3, -0.25) is 14.9 Å². The molecule has 0 aromatic rings. The van der Waals surface area contributed by atoms with Crippen LogP contribution in [0, 0.1) is 10.1 Å². The first-order valence-corrected chi connectivity index (χ1v) is 3.53. The van der Waals surface area contributed by atoms with Crippen LogP contribution >= 0.6 is 0 Å². The molecular weight excluding hydrogens is 158 g/mol. The van der Waals surface area contributed by atoms with Gasteiger partial charge in [-0.2, -0.15) is 0 Å². The van der Waals surface area contributed by atoms with E-state index in [1.807, 2.05) is 0 Å². The topological polar surface area (TPSA) is 60.2 Å². The largest absolute Gasteiger partial charge is 0.299 e. The minimum absolute atomic E-state index is 0.474. The van der Waals surface area contributed by atoms with Crippen molar-refractivity contribution in [2.24, 2.45) is 0 Å². The van der Waals surface area contributed by atoms with Crippen LogP contribution in [0.3, 0.4) is 0 Å². The van der Waals surface area contributed by atoms with Crippen molar-refractivity contribution < 1.29 is 9.72 Å². The quantitative estimate of drug-likeness (QED) is 0.434. The van der Waals surface area contributed by atoms with Gasteiger partial charge in [-0.1, -0.05) is 6.08 Å². The summed E-state index contributed by atoms with van der Waals surface area (Å²) >= 11 is 0. The lowest BCUT2D eigenvalue weighted by Gasteiger charge is -2.16. The monoisotopic (exact) mass is 167 g/mol. The zero-order valence-electron chi connectivity index (χ0n) is 6.90. The lowest BCUT2D eigenvalue weighted by atomic mass is 9.90. The molecule has 1 aliphatic rings. The molecule has 4 nitrogen and oxygen atoms in total. The van der Waals surface area contributed by atoms with E-state index in [0.717, 1.165) is 5.57 Å². The molecular formula is C8H9NO3. The van der Waals surface area contributed by atoms with E-state index in [1.54, 1.807) is 13.0 Å². The highest BCUT2D eigenvalue weighted by Crippen LogP contribution is 2.20. The van der Waals surface area contributed by atoms with Crippen LogP contribution in [0.25, 0.3) is 0 Å². The lowest BCUT2D eigenvalue weighted by Crippen LogP contribution is -2.41. The van der Waals surface area contributed by atoms with E-state index >= 15 is 0 Å². The highest BCUT2D eigenvalue weighted by molar-refractivity contribution is 5.99. The van der Waals surface area contributed by atoms with E-state index in [-0.39, 0.29) is 0 Å². The van der Waals surface area contributed by atoms with Gasteiger partial charge in [0, 0.05) is 17.9 Å². The summed E-state index contributed by atoms with van der Waals surface area (Å²) < 4.78 is 0. The Morgan fingerprint density at radius 2 is 2.08 bits per heavy atom. The van der Waals surface area contributed by atoms with Gasteiger partial charge in [-0.05, 0) is 18.6 Å². The number of rotatable bonds is 1. The standard InChI is InChI=1S/C8H9NO3/c1-6-3-4-7(10)8(2,5-6)9(11)12/h3-5H,1-2H3. The van der Waals surface area contributed by atoms with Gasteiger partial charge in [0.2, 0.25) is 5.78 Å². The molecule has 1 atom stereocenters. The van der Waals surface area contributed by atoms with Crippen molar-refractivity contribution in [1.82, 2.24) is 0 Å². The molecule has 0 aromatic heterocycles. The van der Waals surface area contributed by atoms with E-state index in [0.29, 0.717) is 0 Å². The molecule has 0 spiro atoms. The Hall–Kier alpha value is -1.45. The second kappa shape index (κ2) is 2.55. The summed E-state index contributed by atoms with van der Waals surface area (Å²) in [6.45, 7) is 3.03. The number of ketones is 1. The number of hydrogen-bond acceptors (Lipinski definition) is 3. The second-order valence-electron chi connectivity index (χ2n) is 2.99. The van der Waals surface area contributed by atoms with Crippen molar-refractivity contribution in [2.75, 3.05) is 0 Å². The Morgan fingerprint density at radius 3 is 2.50 bits per heavy atom. The van der Waals surface area contributed by atoms with Crippen LogP contribution in [-0.4, -0.2) is 16.2 Å². The van der Waals surface area contributed by atoms with E-state index in [9.17, 15) is 14.9 Å². The first kappa shape index (κ1) is 8.64. The van der Waals surface area contributed by atoms with Crippen LogP contribution in [0.1, 0.15) is 13.8 Å². The molecule has 1 rings (SSSR count). The van der Waals surface area contributed by atoms with Crippen LogP contribution in [0.2, 0.25) is 0 Å². The Bertz CT molecular complexity index is 303. The molecule has 0 radical (unpaired) electrons. The lowest BCUT2D eigenvalue weighted by molar-refractivity contribution is -0.532.